The number of fused-ring (bicyclic) bond motifs is 1. The maximum Gasteiger partial charge on any atom is 0.0352 e. The zero-order valence-corrected chi connectivity index (χ0v) is 7.56. The van der Waals surface area contributed by atoms with Gasteiger partial charge in [-0.15, -0.1) is 0 Å². The second kappa shape index (κ2) is 2.89. The van der Waals surface area contributed by atoms with Gasteiger partial charge in [-0.25, -0.2) is 0 Å². The second-order valence-electron chi connectivity index (χ2n) is 3.83. The predicted octanol–water partition coefficient (Wildman–Crippen LogP) is 3.08. The molecule has 0 amide bonds. The lowest BCUT2D eigenvalue weighted by Crippen LogP contribution is -2.04. The van der Waals surface area contributed by atoms with Crippen molar-refractivity contribution < 1.29 is 0 Å². The Morgan fingerprint density at radius 3 is 3.17 bits per heavy atom. The lowest BCUT2D eigenvalue weighted by Gasteiger charge is -2.16. The average molecular weight is 161 g/mol. The Morgan fingerprint density at radius 2 is 2.42 bits per heavy atom. The van der Waals surface area contributed by atoms with Crippen LogP contribution in [0.4, 0.5) is 0 Å². The van der Waals surface area contributed by atoms with Crippen LogP contribution in [-0.2, 0) is 0 Å². The molecule has 0 aromatic heterocycles. The molecule has 0 bridgehead atoms. The van der Waals surface area contributed by atoms with Crippen LogP contribution in [0.15, 0.2) is 23.3 Å². The summed E-state index contributed by atoms with van der Waals surface area (Å²) in [5.41, 5.74) is 3.47. The van der Waals surface area contributed by atoms with Crippen LogP contribution in [0.3, 0.4) is 0 Å². The standard InChI is InChI=1S/C11H15N/c1-8(12)10-6-5-9-3-2-4-11(9)7-10/h6-7,9,12H,2-5H2,1H3. The molecule has 0 spiro atoms. The van der Waals surface area contributed by atoms with E-state index in [2.05, 4.69) is 12.2 Å². The predicted molar refractivity (Wildman–Crippen MR) is 51.5 cm³/mol. The molecule has 1 atom stereocenters. The summed E-state index contributed by atoms with van der Waals surface area (Å²) in [6.07, 6.45) is 9.64. The van der Waals surface area contributed by atoms with Crippen LogP contribution in [0.2, 0.25) is 0 Å². The van der Waals surface area contributed by atoms with Crippen LogP contribution in [-0.4, -0.2) is 5.71 Å². The van der Waals surface area contributed by atoms with E-state index in [1.165, 1.54) is 25.7 Å². The molecule has 1 nitrogen and oxygen atoms in total. The van der Waals surface area contributed by atoms with Gasteiger partial charge in [0.05, 0.1) is 0 Å². The van der Waals surface area contributed by atoms with Crippen LogP contribution in [0, 0.1) is 11.3 Å². The quantitative estimate of drug-likeness (QED) is 0.571. The van der Waals surface area contributed by atoms with Crippen LogP contribution in [0.1, 0.15) is 32.6 Å². The number of rotatable bonds is 1. The number of hydrogen-bond acceptors (Lipinski definition) is 1. The molecule has 0 saturated heterocycles. The molecule has 1 N–H and O–H groups in total. The summed E-state index contributed by atoms with van der Waals surface area (Å²) in [6.45, 7) is 1.87. The first-order chi connectivity index (χ1) is 5.77. The van der Waals surface area contributed by atoms with Gasteiger partial charge in [-0.1, -0.05) is 17.7 Å². The number of allylic oxidation sites excluding steroid dienone is 4. The van der Waals surface area contributed by atoms with Gasteiger partial charge in [0.2, 0.25) is 0 Å². The molecule has 0 aliphatic heterocycles. The van der Waals surface area contributed by atoms with E-state index in [1.54, 1.807) is 5.57 Å². The molecule has 1 saturated carbocycles. The molecule has 1 unspecified atom stereocenters. The van der Waals surface area contributed by atoms with Gasteiger partial charge in [-0.3, -0.25) is 0 Å². The number of nitrogens with one attached hydrogen (secondary N) is 1. The molecule has 0 aromatic carbocycles. The number of hydrogen-bond donors (Lipinski definition) is 1. The highest BCUT2D eigenvalue weighted by Gasteiger charge is 2.22. The van der Waals surface area contributed by atoms with Gasteiger partial charge in [0.25, 0.3) is 0 Å². The van der Waals surface area contributed by atoms with Gasteiger partial charge in [-0.05, 0) is 44.1 Å². The van der Waals surface area contributed by atoms with E-state index in [0.717, 1.165) is 11.5 Å². The lowest BCUT2D eigenvalue weighted by atomic mass is 9.90. The first-order valence-electron chi connectivity index (χ1n) is 4.73. The molecule has 12 heavy (non-hydrogen) atoms. The van der Waals surface area contributed by atoms with E-state index in [1.807, 2.05) is 6.92 Å². The van der Waals surface area contributed by atoms with Gasteiger partial charge < -0.3 is 5.41 Å². The average Bonchev–Trinajstić information content (AvgIpc) is 2.49. The van der Waals surface area contributed by atoms with Gasteiger partial charge in [-0.2, -0.15) is 0 Å². The topological polar surface area (TPSA) is 23.9 Å². The molecule has 64 valence electrons. The van der Waals surface area contributed by atoms with Crippen molar-refractivity contribution in [2.24, 2.45) is 5.92 Å². The SMILES string of the molecule is CC(=N)C1=CCC2CCCC2=C1. The minimum atomic E-state index is 0.716. The zero-order valence-electron chi connectivity index (χ0n) is 7.56. The third kappa shape index (κ3) is 1.24. The summed E-state index contributed by atoms with van der Waals surface area (Å²) in [4.78, 5) is 0. The molecular weight excluding hydrogens is 146 g/mol. The highest BCUT2D eigenvalue weighted by molar-refractivity contribution is 5.98. The summed E-state index contributed by atoms with van der Waals surface area (Å²) in [5, 5.41) is 7.53. The van der Waals surface area contributed by atoms with Crippen molar-refractivity contribution in [3.8, 4) is 0 Å². The first kappa shape index (κ1) is 7.78. The summed E-state index contributed by atoms with van der Waals surface area (Å²) >= 11 is 0. The lowest BCUT2D eigenvalue weighted by molar-refractivity contribution is 0.631. The van der Waals surface area contributed by atoms with E-state index in [4.69, 9.17) is 5.41 Å². The Bertz CT molecular complexity index is 271. The molecule has 0 radical (unpaired) electrons. The third-order valence-corrected chi connectivity index (χ3v) is 2.94. The van der Waals surface area contributed by atoms with E-state index in [-0.39, 0.29) is 0 Å². The summed E-state index contributed by atoms with van der Waals surface area (Å²) in [5.74, 6) is 0.827. The van der Waals surface area contributed by atoms with Crippen LogP contribution in [0.25, 0.3) is 0 Å². The Morgan fingerprint density at radius 1 is 1.58 bits per heavy atom. The molecular formula is C11H15N. The van der Waals surface area contributed by atoms with Crippen LogP contribution in [0.5, 0.6) is 0 Å². The fourth-order valence-corrected chi connectivity index (χ4v) is 2.19. The maximum atomic E-state index is 7.53. The Kier molecular flexibility index (Phi) is 1.87. The normalized spacial score (nSPS) is 27.6. The Hall–Kier alpha value is -0.850. The first-order valence-corrected chi connectivity index (χ1v) is 4.73. The molecule has 1 heteroatoms. The van der Waals surface area contributed by atoms with Crippen molar-refractivity contribution in [1.82, 2.24) is 0 Å². The van der Waals surface area contributed by atoms with Crippen molar-refractivity contribution in [1.29, 1.82) is 5.41 Å². The fraction of sp³-hybridized carbons (Fsp3) is 0.545. The zero-order chi connectivity index (χ0) is 8.55. The highest BCUT2D eigenvalue weighted by Crippen LogP contribution is 2.37. The molecule has 0 aromatic rings. The van der Waals surface area contributed by atoms with Gasteiger partial charge in [0.15, 0.2) is 0 Å². The van der Waals surface area contributed by atoms with Crippen LogP contribution < -0.4 is 0 Å². The van der Waals surface area contributed by atoms with E-state index in [9.17, 15) is 0 Å². The molecule has 2 rings (SSSR count). The van der Waals surface area contributed by atoms with Gasteiger partial charge in [0.1, 0.15) is 0 Å². The summed E-state index contributed by atoms with van der Waals surface area (Å²) in [6, 6.07) is 0. The maximum absolute atomic E-state index is 7.53. The summed E-state index contributed by atoms with van der Waals surface area (Å²) in [7, 11) is 0. The summed E-state index contributed by atoms with van der Waals surface area (Å²) < 4.78 is 0. The van der Waals surface area contributed by atoms with Crippen molar-refractivity contribution >= 4 is 5.71 Å². The van der Waals surface area contributed by atoms with Crippen molar-refractivity contribution in [3.63, 3.8) is 0 Å². The second-order valence-corrected chi connectivity index (χ2v) is 3.83. The monoisotopic (exact) mass is 161 g/mol. The van der Waals surface area contributed by atoms with E-state index < -0.39 is 0 Å². The minimum Gasteiger partial charge on any atom is -0.305 e. The molecule has 2 aliphatic carbocycles. The third-order valence-electron chi connectivity index (χ3n) is 2.94. The van der Waals surface area contributed by atoms with Crippen molar-refractivity contribution in [2.45, 2.75) is 32.6 Å². The van der Waals surface area contributed by atoms with Crippen LogP contribution >= 0.6 is 0 Å². The molecule has 2 aliphatic rings. The largest absolute Gasteiger partial charge is 0.305 e. The van der Waals surface area contributed by atoms with Gasteiger partial charge >= 0.3 is 0 Å². The highest BCUT2D eigenvalue weighted by atomic mass is 14.4. The van der Waals surface area contributed by atoms with E-state index in [0.29, 0.717) is 5.71 Å². The van der Waals surface area contributed by atoms with Crippen molar-refractivity contribution in [3.05, 3.63) is 23.3 Å². The molecule has 0 heterocycles. The molecule has 1 fully saturated rings. The van der Waals surface area contributed by atoms with E-state index >= 15 is 0 Å². The minimum absolute atomic E-state index is 0.716. The van der Waals surface area contributed by atoms with Crippen molar-refractivity contribution in [2.75, 3.05) is 0 Å². The van der Waals surface area contributed by atoms with Gasteiger partial charge in [0, 0.05) is 5.71 Å². The Labute approximate surface area is 73.7 Å². The smallest absolute Gasteiger partial charge is 0.0352 e. The fourth-order valence-electron chi connectivity index (χ4n) is 2.19. The Balaban J connectivity index is 2.22.